The number of aromatic nitrogens is 2. The van der Waals surface area contributed by atoms with E-state index < -0.39 is 24.4 Å². The molecule has 0 aliphatic carbocycles. The first kappa shape index (κ1) is 13.4. The summed E-state index contributed by atoms with van der Waals surface area (Å²) in [5.74, 6) is -1.46. The average Bonchev–Trinajstić information content (AvgIpc) is 2.84. The number of hydrogen-bond acceptors (Lipinski definition) is 3. The number of amides is 2. The highest BCUT2D eigenvalue weighted by Crippen LogP contribution is 2.27. The van der Waals surface area contributed by atoms with Crippen LogP contribution in [0.1, 0.15) is 28.2 Å². The van der Waals surface area contributed by atoms with Gasteiger partial charge in [0, 0.05) is 12.6 Å². The van der Waals surface area contributed by atoms with Crippen molar-refractivity contribution in [1.82, 2.24) is 20.4 Å². The number of H-pyrrole nitrogens is 1. The van der Waals surface area contributed by atoms with Crippen LogP contribution in [0.5, 0.6) is 0 Å². The zero-order chi connectivity index (χ0) is 14.2. The van der Waals surface area contributed by atoms with E-state index in [2.05, 4.69) is 15.5 Å². The molecule has 19 heavy (non-hydrogen) atoms. The van der Waals surface area contributed by atoms with E-state index in [1.165, 1.54) is 7.05 Å². The maximum absolute atomic E-state index is 12.1. The zero-order valence-electron chi connectivity index (χ0n) is 9.97. The van der Waals surface area contributed by atoms with E-state index in [0.717, 1.165) is 4.90 Å². The predicted octanol–water partition coefficient (Wildman–Crippen LogP) is 0.564. The van der Waals surface area contributed by atoms with Gasteiger partial charge in [0.15, 0.2) is 5.69 Å². The molecule has 0 saturated heterocycles. The van der Waals surface area contributed by atoms with Crippen molar-refractivity contribution >= 4 is 11.8 Å². The number of halogens is 3. The Bertz CT molecular complexity index is 523. The Hall–Kier alpha value is -2.06. The van der Waals surface area contributed by atoms with Crippen molar-refractivity contribution in [2.45, 2.75) is 25.7 Å². The molecule has 104 valence electrons. The van der Waals surface area contributed by atoms with E-state index >= 15 is 0 Å². The molecule has 0 aromatic carbocycles. The molecule has 2 rings (SSSR count). The molecule has 0 atom stereocenters. The van der Waals surface area contributed by atoms with Crippen molar-refractivity contribution in [3.63, 3.8) is 0 Å². The van der Waals surface area contributed by atoms with Gasteiger partial charge in [-0.3, -0.25) is 14.7 Å². The van der Waals surface area contributed by atoms with E-state index in [4.69, 9.17) is 0 Å². The largest absolute Gasteiger partial charge is 0.397 e. The molecule has 2 amide bonds. The summed E-state index contributed by atoms with van der Waals surface area (Å²) in [4.78, 5) is 24.0. The fraction of sp³-hybridized carbons (Fsp3) is 0.500. The van der Waals surface area contributed by atoms with Crippen molar-refractivity contribution in [2.75, 3.05) is 7.05 Å². The summed E-state index contributed by atoms with van der Waals surface area (Å²) in [6.07, 6.45) is -6.03. The molecule has 0 radical (unpaired) electrons. The van der Waals surface area contributed by atoms with Crippen molar-refractivity contribution in [3.8, 4) is 0 Å². The highest BCUT2D eigenvalue weighted by atomic mass is 19.4. The van der Waals surface area contributed by atoms with E-state index in [0.29, 0.717) is 11.3 Å². The Labute approximate surface area is 106 Å². The maximum atomic E-state index is 12.1. The summed E-state index contributed by atoms with van der Waals surface area (Å²) in [5, 5.41) is 8.72. The van der Waals surface area contributed by atoms with Crippen LogP contribution in [0.4, 0.5) is 13.2 Å². The first-order valence-electron chi connectivity index (χ1n) is 5.44. The minimum Gasteiger partial charge on any atom is -0.354 e. The number of nitrogens with one attached hydrogen (secondary N) is 2. The van der Waals surface area contributed by atoms with Crippen LogP contribution < -0.4 is 5.32 Å². The lowest BCUT2D eigenvalue weighted by Crippen LogP contribution is -2.30. The number of carbonyl (C=O) groups is 2. The molecule has 0 fully saturated rings. The molecule has 1 aromatic heterocycles. The molecule has 2 heterocycles. The Morgan fingerprint density at radius 1 is 1.42 bits per heavy atom. The Kier molecular flexibility index (Phi) is 3.21. The van der Waals surface area contributed by atoms with Gasteiger partial charge in [0.25, 0.3) is 5.91 Å². The number of aromatic amines is 1. The molecule has 0 unspecified atom stereocenters. The number of hydrogen-bond donors (Lipinski definition) is 2. The molecule has 0 bridgehead atoms. The van der Waals surface area contributed by atoms with E-state index in [9.17, 15) is 22.8 Å². The lowest BCUT2D eigenvalue weighted by Gasteiger charge is -2.16. The van der Waals surface area contributed by atoms with Gasteiger partial charge in [-0.05, 0) is 0 Å². The highest BCUT2D eigenvalue weighted by molar-refractivity contribution is 5.94. The first-order valence-corrected chi connectivity index (χ1v) is 5.44. The van der Waals surface area contributed by atoms with Gasteiger partial charge in [0.2, 0.25) is 5.91 Å². The summed E-state index contributed by atoms with van der Waals surface area (Å²) < 4.78 is 36.4. The lowest BCUT2D eigenvalue weighted by molar-refractivity contribution is -0.161. The third kappa shape index (κ3) is 2.69. The van der Waals surface area contributed by atoms with Gasteiger partial charge in [-0.15, -0.1) is 0 Å². The summed E-state index contributed by atoms with van der Waals surface area (Å²) in [7, 11) is 1.42. The molecule has 0 spiro atoms. The fourth-order valence-electron chi connectivity index (χ4n) is 1.91. The van der Waals surface area contributed by atoms with Crippen LogP contribution in [0, 0.1) is 0 Å². The molecule has 2 N–H and O–H groups in total. The molecule has 0 saturated carbocycles. The van der Waals surface area contributed by atoms with Gasteiger partial charge in [-0.2, -0.15) is 18.3 Å². The maximum Gasteiger partial charge on any atom is 0.397 e. The molecule has 1 aliphatic heterocycles. The van der Waals surface area contributed by atoms with Crippen molar-refractivity contribution in [3.05, 3.63) is 17.0 Å². The normalized spacial score (nSPS) is 14.4. The third-order valence-electron chi connectivity index (χ3n) is 2.80. The van der Waals surface area contributed by atoms with Crippen LogP contribution in [0.15, 0.2) is 0 Å². The quantitative estimate of drug-likeness (QED) is 0.828. The Balaban J connectivity index is 2.11. The predicted molar refractivity (Wildman–Crippen MR) is 56.9 cm³/mol. The first-order chi connectivity index (χ1) is 8.81. The van der Waals surface area contributed by atoms with Crippen LogP contribution in [0.3, 0.4) is 0 Å². The highest BCUT2D eigenvalue weighted by Gasteiger charge is 2.37. The number of alkyl halides is 3. The van der Waals surface area contributed by atoms with Crippen molar-refractivity contribution in [1.29, 1.82) is 0 Å². The number of fused-ring (bicyclic) bond motifs is 1. The van der Waals surface area contributed by atoms with Gasteiger partial charge < -0.3 is 10.2 Å². The van der Waals surface area contributed by atoms with Gasteiger partial charge in [-0.25, -0.2) is 0 Å². The molecule has 1 aromatic rings. The minimum atomic E-state index is -4.53. The van der Waals surface area contributed by atoms with Gasteiger partial charge >= 0.3 is 6.18 Å². The minimum absolute atomic E-state index is 0.00818. The molecule has 9 heteroatoms. The number of carbonyl (C=O) groups excluding carboxylic acids is 2. The summed E-state index contributed by atoms with van der Waals surface area (Å²) in [6, 6.07) is 0. The van der Waals surface area contributed by atoms with Crippen LogP contribution >= 0.6 is 0 Å². The van der Waals surface area contributed by atoms with Crippen LogP contribution in [0.2, 0.25) is 0 Å². The van der Waals surface area contributed by atoms with Crippen LogP contribution in [-0.2, 0) is 17.9 Å². The summed E-state index contributed by atoms with van der Waals surface area (Å²) in [6.45, 7) is -0.0300. The second-order valence-electron chi connectivity index (χ2n) is 4.15. The van der Waals surface area contributed by atoms with Gasteiger partial charge in [-0.1, -0.05) is 0 Å². The second kappa shape index (κ2) is 4.56. The Morgan fingerprint density at radius 2 is 2.11 bits per heavy atom. The average molecular weight is 276 g/mol. The van der Waals surface area contributed by atoms with Crippen LogP contribution in [-0.4, -0.2) is 40.1 Å². The lowest BCUT2D eigenvalue weighted by atomic mass is 10.2. The monoisotopic (exact) mass is 276 g/mol. The van der Waals surface area contributed by atoms with Crippen molar-refractivity contribution < 1.29 is 22.8 Å². The smallest absolute Gasteiger partial charge is 0.354 e. The summed E-state index contributed by atoms with van der Waals surface area (Å²) >= 11 is 0. The number of nitrogens with zero attached hydrogens (tertiary/aromatic N) is 2. The molecular formula is C10H11F3N4O2. The van der Waals surface area contributed by atoms with Crippen molar-refractivity contribution in [2.24, 2.45) is 0 Å². The van der Waals surface area contributed by atoms with Gasteiger partial charge in [0.1, 0.15) is 6.42 Å². The zero-order valence-corrected chi connectivity index (χ0v) is 9.97. The van der Waals surface area contributed by atoms with E-state index in [1.54, 1.807) is 0 Å². The second-order valence-corrected chi connectivity index (χ2v) is 4.15. The van der Waals surface area contributed by atoms with Crippen LogP contribution in [0.25, 0.3) is 0 Å². The SMILES string of the molecule is CNC(=O)c1n[nH]c2c1CN(C(=O)CC(F)(F)F)C2. The molecule has 1 aliphatic rings. The number of rotatable bonds is 2. The van der Waals surface area contributed by atoms with E-state index in [1.807, 2.05) is 0 Å². The molecular weight excluding hydrogens is 265 g/mol. The Morgan fingerprint density at radius 3 is 2.68 bits per heavy atom. The molecule has 6 nitrogen and oxygen atoms in total. The fourth-order valence-corrected chi connectivity index (χ4v) is 1.91. The van der Waals surface area contributed by atoms with Gasteiger partial charge in [0.05, 0.1) is 18.8 Å². The summed E-state index contributed by atoms with van der Waals surface area (Å²) in [5.41, 5.74) is 1.07. The topological polar surface area (TPSA) is 78.1 Å². The standard InChI is InChI=1S/C10H11F3N4O2/c1-14-9(19)8-5-3-17(4-6(5)15-16-8)7(18)2-10(11,12)13/h2-4H2,1H3,(H,14,19)(H,15,16). The third-order valence-corrected chi connectivity index (χ3v) is 2.80. The van der Waals surface area contributed by atoms with E-state index in [-0.39, 0.29) is 18.8 Å².